The predicted octanol–water partition coefficient (Wildman–Crippen LogP) is 3.97. The van der Waals surface area contributed by atoms with E-state index in [0.717, 1.165) is 42.1 Å². The summed E-state index contributed by atoms with van der Waals surface area (Å²) in [5, 5.41) is 9.75. The third kappa shape index (κ3) is 4.70. The molecule has 1 aromatic heterocycles. The van der Waals surface area contributed by atoms with E-state index in [1.807, 2.05) is 0 Å². The molecule has 1 aliphatic heterocycles. The van der Waals surface area contributed by atoms with Gasteiger partial charge in [0.05, 0.1) is 6.61 Å². The molecule has 2 heterocycles. The lowest BCUT2D eigenvalue weighted by atomic mass is 9.87. The van der Waals surface area contributed by atoms with Crippen molar-refractivity contribution in [2.45, 2.75) is 76.3 Å². The smallest absolute Gasteiger partial charge is 0.191 e. The maximum atomic E-state index is 5.81. The molecule has 3 atom stereocenters. The molecular weight excluding hydrogens is 310 g/mol. The van der Waals surface area contributed by atoms with Crippen LogP contribution >= 0.6 is 11.8 Å². The Morgan fingerprint density at radius 1 is 1.22 bits per heavy atom. The summed E-state index contributed by atoms with van der Waals surface area (Å²) in [6.07, 6.45) is 8.58. The number of aromatic nitrogens is 3. The zero-order chi connectivity index (χ0) is 16.1. The van der Waals surface area contributed by atoms with Crippen LogP contribution in [0.5, 0.6) is 0 Å². The molecule has 0 radical (unpaired) electrons. The standard InChI is InChI=1S/C17H29N3O2S/c1-13-6-5-7-15(12-13)20-14(2)18-19-17(20)23-11-10-22-16-8-3-4-9-21-16/h13,15-16H,3-12H2,1-2H3. The quantitative estimate of drug-likeness (QED) is 0.580. The summed E-state index contributed by atoms with van der Waals surface area (Å²) < 4.78 is 13.8. The van der Waals surface area contributed by atoms with Gasteiger partial charge in [0.1, 0.15) is 5.82 Å². The number of aryl methyl sites for hydroxylation is 1. The second-order valence-corrected chi connectivity index (χ2v) is 7.90. The van der Waals surface area contributed by atoms with Gasteiger partial charge < -0.3 is 14.0 Å². The van der Waals surface area contributed by atoms with Gasteiger partial charge in [0, 0.05) is 18.4 Å². The Bertz CT molecular complexity index is 488. The van der Waals surface area contributed by atoms with Crippen molar-refractivity contribution in [3.63, 3.8) is 0 Å². The van der Waals surface area contributed by atoms with Crippen LogP contribution in [0.4, 0.5) is 0 Å². The van der Waals surface area contributed by atoms with Gasteiger partial charge in [-0.25, -0.2) is 0 Å². The molecule has 130 valence electrons. The first kappa shape index (κ1) is 17.2. The zero-order valence-corrected chi connectivity index (χ0v) is 15.2. The second-order valence-electron chi connectivity index (χ2n) is 6.84. The van der Waals surface area contributed by atoms with Crippen molar-refractivity contribution in [1.29, 1.82) is 0 Å². The number of hydrogen-bond donors (Lipinski definition) is 0. The monoisotopic (exact) mass is 339 g/mol. The summed E-state index contributed by atoms with van der Waals surface area (Å²) in [7, 11) is 0. The van der Waals surface area contributed by atoms with Gasteiger partial charge in [0.2, 0.25) is 0 Å². The highest BCUT2D eigenvalue weighted by Gasteiger charge is 2.24. The van der Waals surface area contributed by atoms with Crippen LogP contribution in [-0.4, -0.2) is 40.0 Å². The van der Waals surface area contributed by atoms with E-state index in [2.05, 4.69) is 28.6 Å². The minimum Gasteiger partial charge on any atom is -0.353 e. The van der Waals surface area contributed by atoms with Gasteiger partial charge in [-0.2, -0.15) is 0 Å². The van der Waals surface area contributed by atoms with E-state index in [4.69, 9.17) is 9.47 Å². The van der Waals surface area contributed by atoms with E-state index in [0.29, 0.717) is 12.6 Å². The van der Waals surface area contributed by atoms with Crippen LogP contribution in [0.1, 0.15) is 63.7 Å². The fraction of sp³-hybridized carbons (Fsp3) is 0.882. The second kappa shape index (κ2) is 8.49. The van der Waals surface area contributed by atoms with Gasteiger partial charge in [-0.3, -0.25) is 0 Å². The highest BCUT2D eigenvalue weighted by Crippen LogP contribution is 2.35. The van der Waals surface area contributed by atoms with Crippen LogP contribution in [0.3, 0.4) is 0 Å². The van der Waals surface area contributed by atoms with E-state index in [1.165, 1.54) is 32.1 Å². The molecule has 1 saturated heterocycles. The Morgan fingerprint density at radius 2 is 2.13 bits per heavy atom. The van der Waals surface area contributed by atoms with Gasteiger partial charge >= 0.3 is 0 Å². The molecule has 3 unspecified atom stereocenters. The Labute approximate surface area is 143 Å². The van der Waals surface area contributed by atoms with Crippen LogP contribution in [0.25, 0.3) is 0 Å². The molecule has 0 amide bonds. The molecule has 6 heteroatoms. The molecule has 1 aromatic rings. The van der Waals surface area contributed by atoms with Crippen LogP contribution in [0, 0.1) is 12.8 Å². The largest absolute Gasteiger partial charge is 0.353 e. The van der Waals surface area contributed by atoms with Crippen molar-refractivity contribution in [2.75, 3.05) is 19.0 Å². The molecule has 2 aliphatic rings. The minimum atomic E-state index is 0.00292. The zero-order valence-electron chi connectivity index (χ0n) is 14.4. The van der Waals surface area contributed by atoms with E-state index in [9.17, 15) is 0 Å². The Kier molecular flexibility index (Phi) is 6.36. The van der Waals surface area contributed by atoms with E-state index in [1.54, 1.807) is 11.8 Å². The SMILES string of the molecule is Cc1nnc(SCCOC2CCCCO2)n1C1CCCC(C)C1. The average molecular weight is 340 g/mol. The number of thioether (sulfide) groups is 1. The fourth-order valence-electron chi connectivity index (χ4n) is 3.66. The van der Waals surface area contributed by atoms with E-state index < -0.39 is 0 Å². The minimum absolute atomic E-state index is 0.00292. The van der Waals surface area contributed by atoms with Gasteiger partial charge in [-0.1, -0.05) is 31.5 Å². The van der Waals surface area contributed by atoms with Crippen molar-refractivity contribution < 1.29 is 9.47 Å². The fourth-order valence-corrected chi connectivity index (χ4v) is 4.54. The maximum Gasteiger partial charge on any atom is 0.191 e. The molecule has 2 fully saturated rings. The summed E-state index contributed by atoms with van der Waals surface area (Å²) in [5.41, 5.74) is 0. The Hall–Kier alpha value is -0.590. The van der Waals surface area contributed by atoms with Crippen molar-refractivity contribution in [2.24, 2.45) is 5.92 Å². The van der Waals surface area contributed by atoms with Gasteiger partial charge in [0.25, 0.3) is 0 Å². The van der Waals surface area contributed by atoms with Gasteiger partial charge in [-0.15, -0.1) is 10.2 Å². The van der Waals surface area contributed by atoms with E-state index >= 15 is 0 Å². The highest BCUT2D eigenvalue weighted by molar-refractivity contribution is 7.99. The number of hydrogen-bond acceptors (Lipinski definition) is 5. The first-order valence-corrected chi connectivity index (χ1v) is 10.00. The maximum absolute atomic E-state index is 5.81. The van der Waals surface area contributed by atoms with Crippen LogP contribution < -0.4 is 0 Å². The molecule has 23 heavy (non-hydrogen) atoms. The van der Waals surface area contributed by atoms with Crippen molar-refractivity contribution in [1.82, 2.24) is 14.8 Å². The number of rotatable bonds is 6. The molecule has 3 rings (SSSR count). The number of ether oxygens (including phenoxy) is 2. The summed E-state index contributed by atoms with van der Waals surface area (Å²) in [5.74, 6) is 2.75. The summed E-state index contributed by atoms with van der Waals surface area (Å²) in [6, 6.07) is 0.568. The van der Waals surface area contributed by atoms with Gasteiger partial charge in [-0.05, 0) is 44.9 Å². The lowest BCUT2D eigenvalue weighted by molar-refractivity contribution is -0.158. The normalized spacial score (nSPS) is 28.9. The van der Waals surface area contributed by atoms with Crippen LogP contribution in [-0.2, 0) is 9.47 Å². The lowest BCUT2D eigenvalue weighted by Gasteiger charge is -2.29. The summed E-state index contributed by atoms with van der Waals surface area (Å²) >= 11 is 1.76. The first-order chi connectivity index (χ1) is 11.2. The predicted molar refractivity (Wildman–Crippen MR) is 91.7 cm³/mol. The van der Waals surface area contributed by atoms with Crippen molar-refractivity contribution in [3.05, 3.63) is 5.82 Å². The Morgan fingerprint density at radius 3 is 2.91 bits per heavy atom. The molecule has 0 bridgehead atoms. The van der Waals surface area contributed by atoms with Crippen molar-refractivity contribution in [3.8, 4) is 0 Å². The van der Waals surface area contributed by atoms with Gasteiger partial charge in [0.15, 0.2) is 11.4 Å². The molecule has 1 saturated carbocycles. The lowest BCUT2D eigenvalue weighted by Crippen LogP contribution is -2.23. The van der Waals surface area contributed by atoms with Crippen LogP contribution in [0.15, 0.2) is 5.16 Å². The Balaban J connectivity index is 1.49. The highest BCUT2D eigenvalue weighted by atomic mass is 32.2. The number of nitrogens with zero attached hydrogens (tertiary/aromatic N) is 3. The molecule has 0 N–H and O–H groups in total. The topological polar surface area (TPSA) is 49.2 Å². The summed E-state index contributed by atoms with van der Waals surface area (Å²) in [4.78, 5) is 0. The third-order valence-corrected chi connectivity index (χ3v) is 5.77. The van der Waals surface area contributed by atoms with E-state index in [-0.39, 0.29) is 6.29 Å². The molecule has 0 aromatic carbocycles. The van der Waals surface area contributed by atoms with Crippen LogP contribution in [0.2, 0.25) is 0 Å². The first-order valence-electron chi connectivity index (χ1n) is 9.01. The molecule has 1 aliphatic carbocycles. The molecular formula is C17H29N3O2S. The molecule has 5 nitrogen and oxygen atoms in total. The van der Waals surface area contributed by atoms with Crippen molar-refractivity contribution >= 4 is 11.8 Å². The third-order valence-electron chi connectivity index (χ3n) is 4.86. The summed E-state index contributed by atoms with van der Waals surface area (Å²) in [6.45, 7) is 5.98. The average Bonchev–Trinajstić information content (AvgIpc) is 2.93. The molecule has 0 spiro atoms.